The molecule has 0 bridgehead atoms. The summed E-state index contributed by atoms with van der Waals surface area (Å²) in [5.74, 6) is -1.19. The maximum atomic E-state index is 12.2. The Bertz CT molecular complexity index is 556. The first-order chi connectivity index (χ1) is 9.63. The van der Waals surface area contributed by atoms with Crippen molar-refractivity contribution in [3.05, 3.63) is 29.3 Å². The summed E-state index contributed by atoms with van der Waals surface area (Å²) in [6.07, 6.45) is 2.92. The van der Waals surface area contributed by atoms with Crippen LogP contribution in [0.5, 0.6) is 0 Å². The lowest BCUT2D eigenvalue weighted by atomic mass is 10.1. The van der Waals surface area contributed by atoms with Gasteiger partial charge in [0.1, 0.15) is 0 Å². The molecule has 3 N–H and O–H groups in total. The van der Waals surface area contributed by atoms with Gasteiger partial charge in [0.15, 0.2) is 0 Å². The molecule has 1 fully saturated rings. The summed E-state index contributed by atoms with van der Waals surface area (Å²) >= 11 is 0. The van der Waals surface area contributed by atoms with Crippen LogP contribution in [0.1, 0.15) is 35.2 Å². The summed E-state index contributed by atoms with van der Waals surface area (Å²) in [7, 11) is 0. The van der Waals surface area contributed by atoms with Crippen molar-refractivity contribution in [3.8, 4) is 0 Å². The van der Waals surface area contributed by atoms with Gasteiger partial charge in [-0.1, -0.05) is 6.07 Å². The molecule has 1 aliphatic carbocycles. The second kappa shape index (κ2) is 5.15. The maximum absolute atomic E-state index is 12.2. The number of hydrogen-bond donors (Lipinski definition) is 3. The maximum Gasteiger partial charge on any atom is 0.306 e. The highest BCUT2D eigenvalue weighted by Gasteiger charge is 2.30. The fourth-order valence-electron chi connectivity index (χ4n) is 3.04. The molecule has 5 nitrogen and oxygen atoms in total. The summed E-state index contributed by atoms with van der Waals surface area (Å²) < 4.78 is 0. The Morgan fingerprint density at radius 1 is 1.30 bits per heavy atom. The van der Waals surface area contributed by atoms with Gasteiger partial charge >= 0.3 is 5.97 Å². The van der Waals surface area contributed by atoms with Crippen LogP contribution >= 0.6 is 0 Å². The second-order valence-electron chi connectivity index (χ2n) is 5.57. The third kappa shape index (κ3) is 2.48. The van der Waals surface area contributed by atoms with Crippen LogP contribution in [0, 0.1) is 5.92 Å². The van der Waals surface area contributed by atoms with Crippen molar-refractivity contribution in [2.24, 2.45) is 5.92 Å². The van der Waals surface area contributed by atoms with Crippen LogP contribution in [0.2, 0.25) is 0 Å². The molecular weight excluding hydrogens is 256 g/mol. The summed E-state index contributed by atoms with van der Waals surface area (Å²) in [5, 5.41) is 15.2. The average molecular weight is 274 g/mol. The molecule has 0 aromatic heterocycles. The van der Waals surface area contributed by atoms with Crippen LogP contribution in [0.25, 0.3) is 0 Å². The second-order valence-corrected chi connectivity index (χ2v) is 5.57. The van der Waals surface area contributed by atoms with Crippen molar-refractivity contribution in [3.63, 3.8) is 0 Å². The summed E-state index contributed by atoms with van der Waals surface area (Å²) in [5.41, 5.74) is 2.91. The van der Waals surface area contributed by atoms with Gasteiger partial charge in [-0.15, -0.1) is 0 Å². The Labute approximate surface area is 117 Å². The molecule has 20 heavy (non-hydrogen) atoms. The molecule has 0 spiro atoms. The van der Waals surface area contributed by atoms with E-state index in [2.05, 4.69) is 10.6 Å². The van der Waals surface area contributed by atoms with Gasteiger partial charge in [-0.25, -0.2) is 0 Å². The number of amides is 1. The van der Waals surface area contributed by atoms with Gasteiger partial charge in [0.2, 0.25) is 0 Å². The number of carboxylic acid groups (broad SMARTS) is 1. The first-order valence-corrected chi connectivity index (χ1v) is 7.04. The van der Waals surface area contributed by atoms with Crippen molar-refractivity contribution in [2.45, 2.75) is 31.7 Å². The molecule has 106 valence electrons. The number of fused-ring (bicyclic) bond motifs is 1. The van der Waals surface area contributed by atoms with E-state index in [1.165, 1.54) is 5.56 Å². The average Bonchev–Trinajstić information content (AvgIpc) is 3.05. The predicted octanol–water partition coefficient (Wildman–Crippen LogP) is 1.64. The summed E-state index contributed by atoms with van der Waals surface area (Å²) in [6.45, 7) is 0.920. The minimum atomic E-state index is -0.761. The lowest BCUT2D eigenvalue weighted by molar-refractivity contribution is -0.141. The number of carbonyl (C=O) groups is 2. The van der Waals surface area contributed by atoms with Crippen LogP contribution in [-0.4, -0.2) is 29.6 Å². The van der Waals surface area contributed by atoms with Crippen molar-refractivity contribution >= 4 is 17.6 Å². The number of nitrogens with one attached hydrogen (secondary N) is 2. The standard InChI is InChI=1S/C15H18N2O3/c18-14(17-12-4-3-11(7-12)15(19)20)10-2-1-9-5-6-16-13(9)8-10/h1-2,8,11-12,16H,3-7H2,(H,17,18)(H,19,20). The Morgan fingerprint density at radius 2 is 2.15 bits per heavy atom. The minimum Gasteiger partial charge on any atom is -0.481 e. The van der Waals surface area contributed by atoms with Gasteiger partial charge in [-0.3, -0.25) is 9.59 Å². The van der Waals surface area contributed by atoms with Crippen LogP contribution in [0.15, 0.2) is 18.2 Å². The van der Waals surface area contributed by atoms with Crippen LogP contribution in [0.3, 0.4) is 0 Å². The highest BCUT2D eigenvalue weighted by Crippen LogP contribution is 2.27. The number of anilines is 1. The van der Waals surface area contributed by atoms with Crippen LogP contribution < -0.4 is 10.6 Å². The minimum absolute atomic E-state index is 0.0233. The highest BCUT2D eigenvalue weighted by atomic mass is 16.4. The summed E-state index contributed by atoms with van der Waals surface area (Å²) in [4.78, 5) is 23.1. The van der Waals surface area contributed by atoms with Gasteiger partial charge in [0.05, 0.1) is 5.92 Å². The van der Waals surface area contributed by atoms with Crippen LogP contribution in [-0.2, 0) is 11.2 Å². The molecule has 5 heteroatoms. The highest BCUT2D eigenvalue weighted by molar-refractivity contribution is 5.95. The third-order valence-electron chi connectivity index (χ3n) is 4.20. The lowest BCUT2D eigenvalue weighted by Crippen LogP contribution is -2.33. The largest absolute Gasteiger partial charge is 0.481 e. The van der Waals surface area contributed by atoms with Gasteiger partial charge in [0.25, 0.3) is 5.91 Å². The van der Waals surface area contributed by atoms with Gasteiger partial charge < -0.3 is 15.7 Å². The van der Waals surface area contributed by atoms with Crippen molar-refractivity contribution in [1.29, 1.82) is 0 Å². The van der Waals surface area contributed by atoms with Crippen molar-refractivity contribution < 1.29 is 14.7 Å². The van der Waals surface area contributed by atoms with Gasteiger partial charge in [-0.05, 0) is 43.4 Å². The normalized spacial score (nSPS) is 24.0. The first-order valence-electron chi connectivity index (χ1n) is 7.04. The van der Waals surface area contributed by atoms with E-state index in [4.69, 9.17) is 5.11 Å². The summed E-state index contributed by atoms with van der Waals surface area (Å²) in [6, 6.07) is 5.68. The van der Waals surface area contributed by atoms with Crippen molar-refractivity contribution in [2.75, 3.05) is 11.9 Å². The topological polar surface area (TPSA) is 78.4 Å². The zero-order valence-corrected chi connectivity index (χ0v) is 11.2. The number of hydrogen-bond acceptors (Lipinski definition) is 3. The van der Waals surface area contributed by atoms with E-state index in [0.717, 1.165) is 25.1 Å². The number of benzene rings is 1. The molecule has 2 aliphatic rings. The molecule has 1 aromatic carbocycles. The van der Waals surface area contributed by atoms with E-state index >= 15 is 0 Å². The smallest absolute Gasteiger partial charge is 0.306 e. The number of carbonyl (C=O) groups excluding carboxylic acids is 1. The lowest BCUT2D eigenvalue weighted by Gasteiger charge is -2.13. The molecule has 1 aliphatic heterocycles. The molecule has 2 atom stereocenters. The molecule has 3 rings (SSSR count). The van der Waals surface area contributed by atoms with E-state index in [9.17, 15) is 9.59 Å². The van der Waals surface area contributed by atoms with Gasteiger partial charge in [-0.2, -0.15) is 0 Å². The molecule has 1 amide bonds. The quantitative estimate of drug-likeness (QED) is 0.783. The molecular formula is C15H18N2O3. The Balaban J connectivity index is 1.64. The fourth-order valence-corrected chi connectivity index (χ4v) is 3.04. The zero-order valence-electron chi connectivity index (χ0n) is 11.2. The first kappa shape index (κ1) is 13.0. The van der Waals surface area contributed by atoms with Crippen LogP contribution in [0.4, 0.5) is 5.69 Å². The molecule has 2 unspecified atom stereocenters. The van der Waals surface area contributed by atoms with E-state index in [-0.39, 0.29) is 17.9 Å². The predicted molar refractivity (Wildman–Crippen MR) is 74.9 cm³/mol. The molecule has 0 radical (unpaired) electrons. The molecule has 0 saturated heterocycles. The van der Waals surface area contributed by atoms with E-state index in [1.54, 1.807) is 0 Å². The zero-order chi connectivity index (χ0) is 14.1. The monoisotopic (exact) mass is 274 g/mol. The Hall–Kier alpha value is -2.04. The van der Waals surface area contributed by atoms with E-state index in [0.29, 0.717) is 18.4 Å². The number of aliphatic carboxylic acids is 1. The molecule has 1 aromatic rings. The SMILES string of the molecule is O=C(NC1CCC(C(=O)O)C1)c1ccc2c(c1)NCC2. The van der Waals surface area contributed by atoms with Crippen molar-refractivity contribution in [1.82, 2.24) is 5.32 Å². The fraction of sp³-hybridized carbons (Fsp3) is 0.467. The molecule has 1 saturated carbocycles. The molecule has 1 heterocycles. The Kier molecular flexibility index (Phi) is 3.34. The Morgan fingerprint density at radius 3 is 2.90 bits per heavy atom. The van der Waals surface area contributed by atoms with Gasteiger partial charge in [0, 0.05) is 23.8 Å². The number of rotatable bonds is 3. The number of carboxylic acids is 1. The third-order valence-corrected chi connectivity index (χ3v) is 4.20. The van der Waals surface area contributed by atoms with E-state index < -0.39 is 5.97 Å². The van der Waals surface area contributed by atoms with E-state index in [1.807, 2.05) is 18.2 Å².